The second-order valence-corrected chi connectivity index (χ2v) is 8.68. The number of para-hydroxylation sites is 2. The van der Waals surface area contributed by atoms with Crippen molar-refractivity contribution in [2.75, 3.05) is 26.3 Å². The largest absolute Gasteiger partial charge is 0.434 e. The second-order valence-electron chi connectivity index (χ2n) is 7.65. The molecule has 0 saturated carbocycles. The predicted octanol–water partition coefficient (Wildman–Crippen LogP) is 2.17. The van der Waals surface area contributed by atoms with Crippen molar-refractivity contribution in [3.05, 3.63) is 79.2 Å². The topological polar surface area (TPSA) is 84.6 Å². The van der Waals surface area contributed by atoms with Crippen molar-refractivity contribution in [3.8, 4) is 17.5 Å². The number of carbonyl (C=O) groups is 1. The zero-order chi connectivity index (χ0) is 24.9. The van der Waals surface area contributed by atoms with Gasteiger partial charge in [-0.15, -0.1) is 11.3 Å². The van der Waals surface area contributed by atoms with Crippen LogP contribution in [-0.4, -0.2) is 48.3 Å². The Balaban J connectivity index is 2.00. The molecule has 2 aromatic carbocycles. The smallest absolute Gasteiger partial charge is 0.387 e. The van der Waals surface area contributed by atoms with Gasteiger partial charge in [0.15, 0.2) is 5.57 Å². The lowest BCUT2D eigenvalue weighted by molar-refractivity contribution is -0.128. The van der Waals surface area contributed by atoms with Gasteiger partial charge in [0, 0.05) is 18.7 Å². The van der Waals surface area contributed by atoms with Gasteiger partial charge in [-0.05, 0) is 30.7 Å². The lowest BCUT2D eigenvalue weighted by Gasteiger charge is -2.26. The average molecular weight is 498 g/mol. The van der Waals surface area contributed by atoms with Crippen molar-refractivity contribution in [2.45, 2.75) is 13.5 Å². The minimum atomic E-state index is -3.03. The number of nitrogens with zero attached hydrogens (tertiary/aromatic N) is 3. The molecule has 2 heterocycles. The first-order chi connectivity index (χ1) is 16.9. The van der Waals surface area contributed by atoms with Crippen LogP contribution < -0.4 is 19.5 Å². The van der Waals surface area contributed by atoms with Gasteiger partial charge >= 0.3 is 6.61 Å². The molecule has 3 aromatic rings. The number of alkyl halides is 2. The molecule has 1 aliphatic heterocycles. The van der Waals surface area contributed by atoms with Gasteiger partial charge in [0.25, 0.3) is 11.5 Å². The van der Waals surface area contributed by atoms with E-state index in [1.54, 1.807) is 30.3 Å². The van der Waals surface area contributed by atoms with E-state index in [1.165, 1.54) is 21.6 Å². The number of rotatable bonds is 5. The number of halogens is 2. The number of thiazole rings is 1. The number of amides is 1. The number of hydrogen-bond acceptors (Lipinski definition) is 6. The van der Waals surface area contributed by atoms with E-state index in [4.69, 9.17) is 4.74 Å². The molecule has 1 aliphatic rings. The van der Waals surface area contributed by atoms with Crippen molar-refractivity contribution in [2.24, 2.45) is 0 Å². The summed E-state index contributed by atoms with van der Waals surface area (Å²) >= 11 is 0.951. The molecule has 0 radical (unpaired) electrons. The lowest BCUT2D eigenvalue weighted by Crippen LogP contribution is -2.42. The van der Waals surface area contributed by atoms with Crippen LogP contribution in [0, 0.1) is 18.3 Å². The van der Waals surface area contributed by atoms with E-state index in [9.17, 15) is 23.6 Å². The van der Waals surface area contributed by atoms with Gasteiger partial charge < -0.3 is 14.4 Å². The number of hydrogen-bond donors (Lipinski definition) is 0. The molecule has 0 N–H and O–H groups in total. The Morgan fingerprint density at radius 3 is 2.54 bits per heavy atom. The third kappa shape index (κ3) is 5.16. The number of benzene rings is 2. The Morgan fingerprint density at radius 2 is 1.86 bits per heavy atom. The third-order valence-corrected chi connectivity index (χ3v) is 6.53. The van der Waals surface area contributed by atoms with Crippen molar-refractivity contribution in [3.63, 3.8) is 0 Å². The first kappa shape index (κ1) is 24.3. The maximum Gasteiger partial charge on any atom is 0.387 e. The van der Waals surface area contributed by atoms with Crippen molar-refractivity contribution in [1.29, 1.82) is 5.26 Å². The number of aromatic nitrogens is 1. The predicted molar refractivity (Wildman–Crippen MR) is 127 cm³/mol. The fourth-order valence-corrected chi connectivity index (χ4v) is 4.82. The molecule has 4 rings (SSSR count). The maximum atomic E-state index is 13.6. The monoisotopic (exact) mass is 497 g/mol. The van der Waals surface area contributed by atoms with E-state index in [0.717, 1.165) is 16.9 Å². The highest BCUT2D eigenvalue weighted by molar-refractivity contribution is 7.07. The van der Waals surface area contributed by atoms with Crippen LogP contribution in [0.25, 0.3) is 17.3 Å². The Hall–Kier alpha value is -3.81. The van der Waals surface area contributed by atoms with E-state index in [-0.39, 0.29) is 26.1 Å². The van der Waals surface area contributed by atoms with Crippen LogP contribution >= 0.6 is 11.3 Å². The van der Waals surface area contributed by atoms with E-state index >= 15 is 0 Å². The second kappa shape index (κ2) is 10.6. The Bertz CT molecular complexity index is 1470. The fraction of sp³-hybridized carbons (Fsp3) is 0.240. The highest BCUT2D eigenvalue weighted by Gasteiger charge is 2.24. The van der Waals surface area contributed by atoms with Crippen LogP contribution in [0.3, 0.4) is 0 Å². The SMILES string of the molecule is Cc1ccccc1-n1c(=C(C#N)C(=O)N2CCOCC2)sc(=Cc2ccccc2OC(F)F)c1=O. The summed E-state index contributed by atoms with van der Waals surface area (Å²) in [4.78, 5) is 28.3. The van der Waals surface area contributed by atoms with Gasteiger partial charge in [0.2, 0.25) is 0 Å². The van der Waals surface area contributed by atoms with Crippen molar-refractivity contribution >= 4 is 28.9 Å². The summed E-state index contributed by atoms with van der Waals surface area (Å²) in [6.07, 6.45) is 1.43. The molecule has 0 bridgehead atoms. The Morgan fingerprint density at radius 1 is 1.17 bits per heavy atom. The van der Waals surface area contributed by atoms with Gasteiger partial charge in [-0.25, -0.2) is 0 Å². The highest BCUT2D eigenvalue weighted by atomic mass is 32.1. The molecular formula is C25H21F2N3O4S. The molecule has 7 nitrogen and oxygen atoms in total. The van der Waals surface area contributed by atoms with E-state index in [2.05, 4.69) is 4.74 Å². The van der Waals surface area contributed by atoms with E-state index in [1.807, 2.05) is 25.1 Å². The molecule has 0 unspecified atom stereocenters. The van der Waals surface area contributed by atoms with E-state index < -0.39 is 18.1 Å². The van der Waals surface area contributed by atoms with Gasteiger partial charge in [-0.3, -0.25) is 14.2 Å². The quantitative estimate of drug-likeness (QED) is 0.540. The molecule has 35 heavy (non-hydrogen) atoms. The summed E-state index contributed by atoms with van der Waals surface area (Å²) in [6, 6.07) is 15.2. The number of ether oxygens (including phenoxy) is 2. The first-order valence-corrected chi connectivity index (χ1v) is 11.6. The first-order valence-electron chi connectivity index (χ1n) is 10.8. The maximum absolute atomic E-state index is 13.6. The van der Waals surface area contributed by atoms with Crippen LogP contribution in [0.5, 0.6) is 5.75 Å². The molecular weight excluding hydrogens is 476 g/mol. The number of nitriles is 1. The van der Waals surface area contributed by atoms with Gasteiger partial charge in [-0.1, -0.05) is 36.4 Å². The molecule has 1 aromatic heterocycles. The zero-order valence-electron chi connectivity index (χ0n) is 18.7. The summed E-state index contributed by atoms with van der Waals surface area (Å²) in [5, 5.41) is 9.97. The van der Waals surface area contributed by atoms with Crippen LogP contribution in [0.2, 0.25) is 0 Å². The number of carbonyl (C=O) groups excluding carboxylic acids is 1. The molecule has 1 amide bonds. The third-order valence-electron chi connectivity index (χ3n) is 5.44. The standard InChI is InChI=1S/C25H21F2N3O4S/c1-16-6-2-4-8-19(16)30-23(32)21(14-17-7-3-5-9-20(17)34-25(26)27)35-24(30)18(15-28)22(31)29-10-12-33-13-11-29/h2-9,14,25H,10-13H2,1H3. The van der Waals surface area contributed by atoms with Crippen molar-refractivity contribution in [1.82, 2.24) is 9.47 Å². The van der Waals surface area contributed by atoms with Crippen molar-refractivity contribution < 1.29 is 23.0 Å². The van der Waals surface area contributed by atoms with Crippen LogP contribution in [0.4, 0.5) is 8.78 Å². The highest BCUT2D eigenvalue weighted by Crippen LogP contribution is 2.21. The molecule has 1 fully saturated rings. The zero-order valence-corrected chi connectivity index (χ0v) is 19.6. The van der Waals surface area contributed by atoms with Crippen LogP contribution in [0.1, 0.15) is 11.1 Å². The molecule has 10 heteroatoms. The molecule has 0 spiro atoms. The lowest BCUT2D eigenvalue weighted by atomic mass is 10.2. The summed E-state index contributed by atoms with van der Waals surface area (Å²) in [6.45, 7) is 0.173. The average Bonchev–Trinajstić information content (AvgIpc) is 3.16. The summed E-state index contributed by atoms with van der Waals surface area (Å²) in [5.41, 5.74) is 0.899. The number of morpholine rings is 1. The molecule has 180 valence electrons. The fourth-order valence-electron chi connectivity index (χ4n) is 3.74. The van der Waals surface area contributed by atoms with Crippen LogP contribution in [0.15, 0.2) is 53.3 Å². The van der Waals surface area contributed by atoms with Gasteiger partial charge in [-0.2, -0.15) is 14.0 Å². The molecule has 0 atom stereocenters. The summed E-state index contributed by atoms with van der Waals surface area (Å²) < 4.78 is 37.3. The normalized spacial score (nSPS) is 15.2. The summed E-state index contributed by atoms with van der Waals surface area (Å²) in [7, 11) is 0. The number of aryl methyl sites for hydroxylation is 1. The van der Waals surface area contributed by atoms with Crippen LogP contribution in [-0.2, 0) is 9.53 Å². The minimum Gasteiger partial charge on any atom is -0.434 e. The minimum absolute atomic E-state index is 0.0897. The summed E-state index contributed by atoms with van der Waals surface area (Å²) in [5.74, 6) is -0.583. The molecule has 1 saturated heterocycles. The van der Waals surface area contributed by atoms with Gasteiger partial charge in [0.1, 0.15) is 16.5 Å². The van der Waals surface area contributed by atoms with Gasteiger partial charge in [0.05, 0.1) is 23.4 Å². The Labute approximate surface area is 203 Å². The molecule has 0 aliphatic carbocycles. The van der Waals surface area contributed by atoms with E-state index in [0.29, 0.717) is 32.0 Å². The Kier molecular flexibility index (Phi) is 7.39.